The molecule has 0 unspecified atom stereocenters. The molecule has 2 fully saturated rings. The quantitative estimate of drug-likeness (QED) is 0.474. The number of rotatable bonds is 0. The highest BCUT2D eigenvalue weighted by Crippen LogP contribution is 2.41. The largest absolute Gasteiger partial charge is 0.354 e. The Bertz CT molecular complexity index is 147. The fourth-order valence-corrected chi connectivity index (χ4v) is 1.87. The van der Waals surface area contributed by atoms with Crippen LogP contribution in [0.1, 0.15) is 25.7 Å². The summed E-state index contributed by atoms with van der Waals surface area (Å²) in [5.74, 6) is 0.306. The minimum Gasteiger partial charge on any atom is -0.354 e. The summed E-state index contributed by atoms with van der Waals surface area (Å²) in [6, 6.07) is 0. The molecule has 2 aliphatic rings. The summed E-state index contributed by atoms with van der Waals surface area (Å²) in [7, 11) is 0. The van der Waals surface area contributed by atoms with Crippen molar-refractivity contribution in [3.05, 3.63) is 0 Å². The summed E-state index contributed by atoms with van der Waals surface area (Å²) in [5.41, 5.74) is 0.125. The van der Waals surface area contributed by atoms with E-state index in [0.717, 1.165) is 19.4 Å². The zero-order chi connectivity index (χ0) is 6.32. The van der Waals surface area contributed by atoms with Gasteiger partial charge in [0, 0.05) is 6.54 Å². The summed E-state index contributed by atoms with van der Waals surface area (Å²) < 4.78 is 0. The first kappa shape index (κ1) is 5.27. The molecule has 0 atom stereocenters. The maximum absolute atomic E-state index is 10.9. The molecule has 1 aliphatic carbocycles. The minimum absolute atomic E-state index is 0.125. The van der Waals surface area contributed by atoms with E-state index in [4.69, 9.17) is 0 Å². The molecular formula is C7H11NO. The van der Waals surface area contributed by atoms with Crippen LogP contribution in [0.2, 0.25) is 0 Å². The molecule has 1 spiro atoms. The van der Waals surface area contributed by atoms with E-state index in [-0.39, 0.29) is 5.41 Å². The summed E-state index contributed by atoms with van der Waals surface area (Å²) in [4.78, 5) is 10.9. The highest BCUT2D eigenvalue weighted by molar-refractivity contribution is 5.88. The van der Waals surface area contributed by atoms with Gasteiger partial charge in [0.05, 0.1) is 5.41 Å². The van der Waals surface area contributed by atoms with Crippen LogP contribution in [0.5, 0.6) is 0 Å². The summed E-state index contributed by atoms with van der Waals surface area (Å²) >= 11 is 0. The van der Waals surface area contributed by atoms with Crippen molar-refractivity contribution < 1.29 is 4.79 Å². The van der Waals surface area contributed by atoms with Crippen LogP contribution in [0, 0.1) is 5.41 Å². The first-order valence-electron chi connectivity index (χ1n) is 3.62. The Morgan fingerprint density at radius 2 is 2.00 bits per heavy atom. The molecule has 0 aromatic rings. The first-order valence-corrected chi connectivity index (χ1v) is 3.62. The Hall–Kier alpha value is -0.530. The van der Waals surface area contributed by atoms with Crippen molar-refractivity contribution in [2.45, 2.75) is 25.7 Å². The van der Waals surface area contributed by atoms with E-state index in [9.17, 15) is 4.79 Å². The SMILES string of the molecule is O=C1NCC12CCCC2. The number of carbonyl (C=O) groups is 1. The van der Waals surface area contributed by atoms with Gasteiger partial charge in [-0.3, -0.25) is 4.79 Å². The van der Waals surface area contributed by atoms with Crippen LogP contribution in [0.4, 0.5) is 0 Å². The van der Waals surface area contributed by atoms with Crippen LogP contribution >= 0.6 is 0 Å². The summed E-state index contributed by atoms with van der Waals surface area (Å²) in [6.45, 7) is 0.950. The summed E-state index contributed by atoms with van der Waals surface area (Å²) in [6.07, 6.45) is 4.79. The standard InChI is InChI=1S/C7H11NO/c9-6-7(5-8-6)3-1-2-4-7/h1-5H2,(H,8,9). The number of hydrogen-bond donors (Lipinski definition) is 1. The van der Waals surface area contributed by atoms with Crippen LogP contribution in [0.3, 0.4) is 0 Å². The van der Waals surface area contributed by atoms with Gasteiger partial charge in [0.25, 0.3) is 0 Å². The molecular weight excluding hydrogens is 114 g/mol. The zero-order valence-corrected chi connectivity index (χ0v) is 5.44. The molecule has 0 aromatic carbocycles. The lowest BCUT2D eigenvalue weighted by Gasteiger charge is -2.37. The Kier molecular flexibility index (Phi) is 0.875. The van der Waals surface area contributed by atoms with E-state index in [2.05, 4.69) is 5.32 Å². The number of amides is 1. The predicted octanol–water partition coefficient (Wildman–Crippen LogP) is 0.677. The van der Waals surface area contributed by atoms with Gasteiger partial charge in [-0.1, -0.05) is 12.8 Å². The topological polar surface area (TPSA) is 29.1 Å². The first-order chi connectivity index (χ1) is 4.33. The average molecular weight is 125 g/mol. The van der Waals surface area contributed by atoms with E-state index in [1.165, 1.54) is 12.8 Å². The van der Waals surface area contributed by atoms with Gasteiger partial charge < -0.3 is 5.32 Å². The third kappa shape index (κ3) is 0.533. The predicted molar refractivity (Wildman–Crippen MR) is 33.9 cm³/mol. The van der Waals surface area contributed by atoms with Crippen molar-refractivity contribution in [3.8, 4) is 0 Å². The second-order valence-corrected chi connectivity index (χ2v) is 3.17. The lowest BCUT2D eigenvalue weighted by atomic mass is 9.79. The maximum Gasteiger partial charge on any atom is 0.228 e. The summed E-state index contributed by atoms with van der Waals surface area (Å²) in [5, 5.41) is 2.80. The second-order valence-electron chi connectivity index (χ2n) is 3.17. The van der Waals surface area contributed by atoms with Gasteiger partial charge in [0.15, 0.2) is 0 Å². The fraction of sp³-hybridized carbons (Fsp3) is 0.857. The van der Waals surface area contributed by atoms with E-state index in [0.29, 0.717) is 5.91 Å². The molecule has 9 heavy (non-hydrogen) atoms. The molecule has 0 bridgehead atoms. The monoisotopic (exact) mass is 125 g/mol. The number of carbonyl (C=O) groups excluding carboxylic acids is 1. The normalized spacial score (nSPS) is 30.0. The smallest absolute Gasteiger partial charge is 0.228 e. The van der Waals surface area contributed by atoms with Crippen molar-refractivity contribution in [2.24, 2.45) is 5.41 Å². The van der Waals surface area contributed by atoms with Crippen molar-refractivity contribution >= 4 is 5.91 Å². The van der Waals surface area contributed by atoms with Gasteiger partial charge >= 0.3 is 0 Å². The molecule has 0 aromatic heterocycles. The van der Waals surface area contributed by atoms with Gasteiger partial charge in [0.2, 0.25) is 5.91 Å². The van der Waals surface area contributed by atoms with Crippen molar-refractivity contribution in [1.82, 2.24) is 5.32 Å². The van der Waals surface area contributed by atoms with E-state index in [1.54, 1.807) is 0 Å². The van der Waals surface area contributed by atoms with Gasteiger partial charge in [-0.15, -0.1) is 0 Å². The Balaban J connectivity index is 2.14. The third-order valence-electron chi connectivity index (χ3n) is 2.63. The average Bonchev–Trinajstić information content (AvgIpc) is 2.34. The third-order valence-corrected chi connectivity index (χ3v) is 2.63. The molecule has 2 rings (SSSR count). The van der Waals surface area contributed by atoms with Gasteiger partial charge in [-0.2, -0.15) is 0 Å². The number of β-lactam (4-membered cyclic amide) rings is 1. The number of hydrogen-bond acceptors (Lipinski definition) is 1. The molecule has 1 saturated heterocycles. The van der Waals surface area contributed by atoms with Crippen LogP contribution in [-0.2, 0) is 4.79 Å². The van der Waals surface area contributed by atoms with Crippen LogP contribution in [0.15, 0.2) is 0 Å². The molecule has 50 valence electrons. The molecule has 1 saturated carbocycles. The van der Waals surface area contributed by atoms with Gasteiger partial charge in [-0.25, -0.2) is 0 Å². The molecule has 2 heteroatoms. The Morgan fingerprint density at radius 3 is 2.22 bits per heavy atom. The van der Waals surface area contributed by atoms with Crippen LogP contribution in [-0.4, -0.2) is 12.5 Å². The van der Waals surface area contributed by atoms with E-state index < -0.39 is 0 Å². The molecule has 0 radical (unpaired) electrons. The minimum atomic E-state index is 0.125. The molecule has 1 amide bonds. The second kappa shape index (κ2) is 1.49. The van der Waals surface area contributed by atoms with E-state index in [1.807, 2.05) is 0 Å². The van der Waals surface area contributed by atoms with Crippen LogP contribution in [0.25, 0.3) is 0 Å². The molecule has 1 aliphatic heterocycles. The zero-order valence-electron chi connectivity index (χ0n) is 5.44. The Morgan fingerprint density at radius 1 is 1.33 bits per heavy atom. The Labute approximate surface area is 54.6 Å². The van der Waals surface area contributed by atoms with Crippen molar-refractivity contribution in [1.29, 1.82) is 0 Å². The molecule has 1 N–H and O–H groups in total. The number of nitrogens with one attached hydrogen (secondary N) is 1. The maximum atomic E-state index is 10.9. The van der Waals surface area contributed by atoms with Gasteiger partial charge in [0.1, 0.15) is 0 Å². The molecule has 2 nitrogen and oxygen atoms in total. The lowest BCUT2D eigenvalue weighted by Crippen LogP contribution is -2.57. The lowest BCUT2D eigenvalue weighted by molar-refractivity contribution is -0.139. The highest BCUT2D eigenvalue weighted by atomic mass is 16.2. The van der Waals surface area contributed by atoms with E-state index >= 15 is 0 Å². The van der Waals surface area contributed by atoms with Gasteiger partial charge in [-0.05, 0) is 12.8 Å². The highest BCUT2D eigenvalue weighted by Gasteiger charge is 2.47. The fourth-order valence-electron chi connectivity index (χ4n) is 1.87. The van der Waals surface area contributed by atoms with Crippen molar-refractivity contribution in [2.75, 3.05) is 6.54 Å². The van der Waals surface area contributed by atoms with Crippen LogP contribution < -0.4 is 5.32 Å². The van der Waals surface area contributed by atoms with Crippen molar-refractivity contribution in [3.63, 3.8) is 0 Å². The molecule has 1 heterocycles.